The maximum Gasteiger partial charge on any atom is 0.234 e. The van der Waals surface area contributed by atoms with Gasteiger partial charge in [-0.3, -0.25) is 9.36 Å². The third kappa shape index (κ3) is 3.85. The van der Waals surface area contributed by atoms with Crippen LogP contribution >= 0.6 is 11.8 Å². The zero-order valence-corrected chi connectivity index (χ0v) is 15.4. The minimum Gasteiger partial charge on any atom is -0.497 e. The van der Waals surface area contributed by atoms with Crippen LogP contribution in [0.25, 0.3) is 5.69 Å². The molecule has 0 saturated carbocycles. The minimum atomic E-state index is -0.126. The number of thioether (sulfide) groups is 1. The first-order valence-electron chi connectivity index (χ1n) is 8.23. The van der Waals surface area contributed by atoms with Crippen molar-refractivity contribution in [2.45, 2.75) is 5.16 Å². The van der Waals surface area contributed by atoms with Gasteiger partial charge in [-0.25, -0.2) is 4.98 Å². The number of fused-ring (bicyclic) bond motifs is 1. The lowest BCUT2D eigenvalue weighted by Gasteiger charge is -2.09. The molecule has 0 aliphatic carbocycles. The maximum atomic E-state index is 12.3. The van der Waals surface area contributed by atoms with Crippen LogP contribution in [-0.4, -0.2) is 35.1 Å². The highest BCUT2D eigenvalue weighted by molar-refractivity contribution is 7.99. The Morgan fingerprint density at radius 2 is 2.15 bits per heavy atom. The molecule has 4 rings (SSSR count). The van der Waals surface area contributed by atoms with E-state index < -0.39 is 0 Å². The number of nitrogens with one attached hydrogen (secondary N) is 1. The quantitative estimate of drug-likeness (QED) is 0.658. The van der Waals surface area contributed by atoms with Crippen LogP contribution in [0.15, 0.2) is 60.0 Å². The standard InChI is InChI=1S/C19H17N3O4S/c1-24-15-4-2-3-14(10-15)22-8-7-20-19(22)27-11-18(23)21-13-5-6-16-17(9-13)26-12-25-16/h2-10H,11-12H2,1H3,(H,21,23). The number of imidazole rings is 1. The van der Waals surface area contributed by atoms with Gasteiger partial charge in [0.15, 0.2) is 16.7 Å². The van der Waals surface area contributed by atoms with Crippen LogP contribution in [0, 0.1) is 0 Å². The number of methoxy groups -OCH3 is 1. The van der Waals surface area contributed by atoms with Gasteiger partial charge in [-0.2, -0.15) is 0 Å². The van der Waals surface area contributed by atoms with Crippen molar-refractivity contribution in [1.82, 2.24) is 9.55 Å². The SMILES string of the molecule is COc1cccc(-n2ccnc2SCC(=O)Nc2ccc3c(c2)OCO3)c1. The third-order valence-corrected chi connectivity index (χ3v) is 4.89. The average molecular weight is 383 g/mol. The first-order valence-corrected chi connectivity index (χ1v) is 9.21. The van der Waals surface area contributed by atoms with Crippen molar-refractivity contribution in [3.05, 3.63) is 54.9 Å². The topological polar surface area (TPSA) is 74.6 Å². The first-order chi connectivity index (χ1) is 13.2. The van der Waals surface area contributed by atoms with Gasteiger partial charge in [0.2, 0.25) is 12.7 Å². The Balaban J connectivity index is 1.40. The molecule has 1 aromatic heterocycles. The largest absolute Gasteiger partial charge is 0.497 e. The molecule has 1 amide bonds. The summed E-state index contributed by atoms with van der Waals surface area (Å²) in [4.78, 5) is 16.6. The van der Waals surface area contributed by atoms with Gasteiger partial charge in [-0.15, -0.1) is 0 Å². The number of amides is 1. The highest BCUT2D eigenvalue weighted by Crippen LogP contribution is 2.34. The molecule has 0 radical (unpaired) electrons. The van der Waals surface area contributed by atoms with Crippen LogP contribution < -0.4 is 19.5 Å². The van der Waals surface area contributed by atoms with Crippen molar-refractivity contribution in [2.24, 2.45) is 0 Å². The molecule has 0 saturated heterocycles. The number of hydrogen-bond donors (Lipinski definition) is 1. The zero-order chi connectivity index (χ0) is 18.6. The Morgan fingerprint density at radius 3 is 3.04 bits per heavy atom. The number of aromatic nitrogens is 2. The molecule has 1 N–H and O–H groups in total. The number of hydrogen-bond acceptors (Lipinski definition) is 6. The number of anilines is 1. The number of ether oxygens (including phenoxy) is 3. The minimum absolute atomic E-state index is 0.126. The van der Waals surface area contributed by atoms with Crippen LogP contribution in [0.4, 0.5) is 5.69 Å². The fourth-order valence-corrected chi connectivity index (χ4v) is 3.43. The highest BCUT2D eigenvalue weighted by Gasteiger charge is 2.15. The van der Waals surface area contributed by atoms with Crippen molar-refractivity contribution in [2.75, 3.05) is 25.0 Å². The second-order valence-corrected chi connectivity index (χ2v) is 6.63. The summed E-state index contributed by atoms with van der Waals surface area (Å²) >= 11 is 1.36. The summed E-state index contributed by atoms with van der Waals surface area (Å²) in [6, 6.07) is 13.0. The van der Waals surface area contributed by atoms with Gasteiger partial charge in [0.25, 0.3) is 0 Å². The third-order valence-electron chi connectivity index (χ3n) is 3.93. The van der Waals surface area contributed by atoms with E-state index in [1.165, 1.54) is 11.8 Å². The Hall–Kier alpha value is -3.13. The van der Waals surface area contributed by atoms with Crippen molar-refractivity contribution in [3.8, 4) is 22.9 Å². The van der Waals surface area contributed by atoms with Crippen molar-refractivity contribution < 1.29 is 19.0 Å². The molecule has 3 aromatic rings. The first kappa shape index (κ1) is 17.3. The van der Waals surface area contributed by atoms with Gasteiger partial charge in [-0.05, 0) is 24.3 Å². The average Bonchev–Trinajstić information content (AvgIpc) is 3.35. The van der Waals surface area contributed by atoms with Gasteiger partial charge in [0, 0.05) is 30.2 Å². The summed E-state index contributed by atoms with van der Waals surface area (Å²) in [7, 11) is 1.63. The smallest absolute Gasteiger partial charge is 0.234 e. The number of rotatable bonds is 6. The second kappa shape index (κ2) is 7.63. The van der Waals surface area contributed by atoms with E-state index in [0.29, 0.717) is 17.2 Å². The zero-order valence-electron chi connectivity index (χ0n) is 14.5. The van der Waals surface area contributed by atoms with E-state index in [2.05, 4.69) is 10.3 Å². The Labute approximate surface area is 160 Å². The molecule has 0 spiro atoms. The summed E-state index contributed by atoms with van der Waals surface area (Å²) in [6.45, 7) is 0.204. The monoisotopic (exact) mass is 383 g/mol. The van der Waals surface area contributed by atoms with Gasteiger partial charge < -0.3 is 19.5 Å². The van der Waals surface area contributed by atoms with E-state index in [9.17, 15) is 4.79 Å². The molecule has 1 aliphatic rings. The Morgan fingerprint density at radius 1 is 1.26 bits per heavy atom. The van der Waals surface area contributed by atoms with E-state index >= 15 is 0 Å². The highest BCUT2D eigenvalue weighted by atomic mass is 32.2. The molecule has 0 fully saturated rings. The van der Waals surface area contributed by atoms with Crippen LogP contribution in [0.1, 0.15) is 0 Å². The molecule has 0 bridgehead atoms. The van der Waals surface area contributed by atoms with Crippen molar-refractivity contribution in [3.63, 3.8) is 0 Å². The molecule has 1 aliphatic heterocycles. The molecule has 27 heavy (non-hydrogen) atoms. The molecule has 0 atom stereocenters. The lowest BCUT2D eigenvalue weighted by molar-refractivity contribution is -0.113. The molecular formula is C19H17N3O4S. The lowest BCUT2D eigenvalue weighted by atomic mass is 10.3. The summed E-state index contributed by atoms with van der Waals surface area (Å²) < 4.78 is 17.8. The summed E-state index contributed by atoms with van der Waals surface area (Å²) in [6.07, 6.45) is 3.56. The van der Waals surface area contributed by atoms with Crippen molar-refractivity contribution >= 4 is 23.4 Å². The van der Waals surface area contributed by atoms with Crippen LogP contribution in [0.5, 0.6) is 17.2 Å². The molecule has 8 heteroatoms. The molecule has 138 valence electrons. The summed E-state index contributed by atoms with van der Waals surface area (Å²) in [5.74, 6) is 2.18. The molecule has 0 unspecified atom stereocenters. The fourth-order valence-electron chi connectivity index (χ4n) is 2.65. The normalized spacial score (nSPS) is 12.0. The second-order valence-electron chi connectivity index (χ2n) is 5.69. The van der Waals surface area contributed by atoms with Gasteiger partial charge >= 0.3 is 0 Å². The predicted molar refractivity (Wildman–Crippen MR) is 102 cm³/mol. The fraction of sp³-hybridized carbons (Fsp3) is 0.158. The van der Waals surface area contributed by atoms with Gasteiger partial charge in [0.1, 0.15) is 5.75 Å². The number of carbonyl (C=O) groups is 1. The number of benzene rings is 2. The van der Waals surface area contributed by atoms with E-state index in [1.54, 1.807) is 31.5 Å². The van der Waals surface area contributed by atoms with Crippen LogP contribution in [-0.2, 0) is 4.79 Å². The van der Waals surface area contributed by atoms with Crippen LogP contribution in [0.2, 0.25) is 0 Å². The van der Waals surface area contributed by atoms with E-state index in [4.69, 9.17) is 14.2 Å². The van der Waals surface area contributed by atoms with Gasteiger partial charge in [-0.1, -0.05) is 17.8 Å². The summed E-state index contributed by atoms with van der Waals surface area (Å²) in [5.41, 5.74) is 1.59. The lowest BCUT2D eigenvalue weighted by Crippen LogP contribution is -2.14. The molecule has 2 heterocycles. The molecular weight excluding hydrogens is 366 g/mol. The van der Waals surface area contributed by atoms with E-state index in [0.717, 1.165) is 16.6 Å². The Kier molecular flexibility index (Phi) is 4.88. The van der Waals surface area contributed by atoms with E-state index in [1.807, 2.05) is 35.0 Å². The van der Waals surface area contributed by atoms with E-state index in [-0.39, 0.29) is 18.5 Å². The predicted octanol–water partition coefficient (Wildman–Crippen LogP) is 3.34. The molecule has 7 nitrogen and oxygen atoms in total. The molecule has 2 aromatic carbocycles. The summed E-state index contributed by atoms with van der Waals surface area (Å²) in [5, 5.41) is 3.59. The van der Waals surface area contributed by atoms with Crippen molar-refractivity contribution in [1.29, 1.82) is 0 Å². The maximum absolute atomic E-state index is 12.3. The number of carbonyl (C=O) groups excluding carboxylic acids is 1. The number of nitrogens with zero attached hydrogens (tertiary/aromatic N) is 2. The van der Waals surface area contributed by atoms with Gasteiger partial charge in [0.05, 0.1) is 18.6 Å². The van der Waals surface area contributed by atoms with Crippen LogP contribution in [0.3, 0.4) is 0 Å². The Bertz CT molecular complexity index is 973.